The zero-order chi connectivity index (χ0) is 8.97. The van der Waals surface area contributed by atoms with Crippen molar-refractivity contribution in [1.29, 1.82) is 0 Å². The molecular weight excluding hydrogens is 154 g/mol. The number of hydrogen-bond acceptors (Lipinski definition) is 2. The summed E-state index contributed by atoms with van der Waals surface area (Å²) in [7, 11) is 3.60. The van der Waals surface area contributed by atoms with Gasteiger partial charge in [0.2, 0.25) is 0 Å². The summed E-state index contributed by atoms with van der Waals surface area (Å²) in [5.41, 5.74) is 0.805. The molecular formula is C9H10NO2. The molecule has 0 aromatic heterocycles. The van der Waals surface area contributed by atoms with Crippen molar-refractivity contribution >= 4 is 11.7 Å². The number of hydrogen-bond donors (Lipinski definition) is 1. The van der Waals surface area contributed by atoms with Gasteiger partial charge in [0.05, 0.1) is 0 Å². The number of nitrogens with zero attached hydrogens (tertiary/aromatic N) is 1. The zero-order valence-electron chi connectivity index (χ0n) is 6.60. The van der Waals surface area contributed by atoms with E-state index in [0.717, 1.165) is 5.69 Å². The SMILES string of the molecule is [CH2]N(CC(=O)O)c1ccccc1. The summed E-state index contributed by atoms with van der Waals surface area (Å²) >= 11 is 0. The highest BCUT2D eigenvalue weighted by Crippen LogP contribution is 2.10. The predicted molar refractivity (Wildman–Crippen MR) is 46.8 cm³/mol. The van der Waals surface area contributed by atoms with Crippen LogP contribution in [0.4, 0.5) is 5.69 Å². The fourth-order valence-corrected chi connectivity index (χ4v) is 0.893. The number of rotatable bonds is 3. The highest BCUT2D eigenvalue weighted by molar-refractivity contribution is 5.73. The fourth-order valence-electron chi connectivity index (χ4n) is 0.893. The summed E-state index contributed by atoms with van der Waals surface area (Å²) in [5.74, 6) is -0.881. The molecule has 3 nitrogen and oxygen atoms in total. The average Bonchev–Trinajstić information content (AvgIpc) is 2.05. The minimum Gasteiger partial charge on any atom is -0.480 e. The molecule has 63 valence electrons. The van der Waals surface area contributed by atoms with Crippen LogP contribution in [-0.4, -0.2) is 17.6 Å². The van der Waals surface area contributed by atoms with Gasteiger partial charge < -0.3 is 10.0 Å². The van der Waals surface area contributed by atoms with Gasteiger partial charge >= 0.3 is 5.97 Å². The van der Waals surface area contributed by atoms with Crippen LogP contribution in [0.25, 0.3) is 0 Å². The van der Waals surface area contributed by atoms with Gasteiger partial charge in [-0.25, -0.2) is 0 Å². The average molecular weight is 164 g/mol. The molecule has 0 amide bonds. The Hall–Kier alpha value is -1.51. The van der Waals surface area contributed by atoms with Gasteiger partial charge in [-0.1, -0.05) is 18.2 Å². The summed E-state index contributed by atoms with van der Waals surface area (Å²) < 4.78 is 0. The number of benzene rings is 1. The Labute approximate surface area is 71.2 Å². The van der Waals surface area contributed by atoms with Gasteiger partial charge in [-0.05, 0) is 12.1 Å². The van der Waals surface area contributed by atoms with Crippen molar-refractivity contribution in [1.82, 2.24) is 0 Å². The second-order valence-corrected chi connectivity index (χ2v) is 2.43. The number of carboxylic acids is 1. The Morgan fingerprint density at radius 3 is 2.50 bits per heavy atom. The first-order valence-corrected chi connectivity index (χ1v) is 3.55. The maximum atomic E-state index is 10.3. The van der Waals surface area contributed by atoms with E-state index < -0.39 is 5.97 Å². The van der Waals surface area contributed by atoms with Crippen molar-refractivity contribution in [2.24, 2.45) is 0 Å². The minimum atomic E-state index is -0.881. The van der Waals surface area contributed by atoms with Crippen LogP contribution < -0.4 is 4.90 Å². The first-order chi connectivity index (χ1) is 5.70. The fraction of sp³-hybridized carbons (Fsp3) is 0.111. The van der Waals surface area contributed by atoms with Gasteiger partial charge in [-0.2, -0.15) is 0 Å². The zero-order valence-corrected chi connectivity index (χ0v) is 6.60. The molecule has 0 aliphatic carbocycles. The Bertz CT molecular complexity index is 258. The highest BCUT2D eigenvalue weighted by Gasteiger charge is 2.03. The summed E-state index contributed by atoms with van der Waals surface area (Å²) in [6.45, 7) is -0.0794. The smallest absolute Gasteiger partial charge is 0.323 e. The molecule has 1 aromatic rings. The van der Waals surface area contributed by atoms with Crippen LogP contribution in [0, 0.1) is 7.05 Å². The first-order valence-electron chi connectivity index (χ1n) is 3.55. The lowest BCUT2D eigenvalue weighted by atomic mass is 10.3. The van der Waals surface area contributed by atoms with Crippen LogP contribution in [0.2, 0.25) is 0 Å². The first kappa shape index (κ1) is 8.59. The van der Waals surface area contributed by atoms with E-state index >= 15 is 0 Å². The standard InChI is InChI=1S/C9H10NO2/c1-10(7-9(11)12)8-5-3-2-4-6-8/h2-6H,1,7H2,(H,11,12). The molecule has 1 N–H and O–H groups in total. The molecule has 0 saturated heterocycles. The van der Waals surface area contributed by atoms with Crippen molar-refractivity contribution < 1.29 is 9.90 Å². The van der Waals surface area contributed by atoms with Gasteiger partial charge in [0, 0.05) is 12.7 Å². The van der Waals surface area contributed by atoms with E-state index in [1.807, 2.05) is 30.3 Å². The monoisotopic (exact) mass is 164 g/mol. The van der Waals surface area contributed by atoms with Gasteiger partial charge in [-0.3, -0.25) is 4.79 Å². The molecule has 0 unspecified atom stereocenters. The number of para-hydroxylation sites is 1. The molecule has 0 spiro atoms. The second kappa shape index (κ2) is 3.76. The molecule has 0 atom stereocenters. The topological polar surface area (TPSA) is 40.5 Å². The number of carboxylic acid groups (broad SMARTS) is 1. The van der Waals surface area contributed by atoms with Gasteiger partial charge in [-0.15, -0.1) is 0 Å². The van der Waals surface area contributed by atoms with E-state index in [1.165, 1.54) is 4.90 Å². The van der Waals surface area contributed by atoms with Crippen molar-refractivity contribution in [3.8, 4) is 0 Å². The van der Waals surface area contributed by atoms with Crippen LogP contribution in [0.1, 0.15) is 0 Å². The predicted octanol–water partition coefficient (Wildman–Crippen LogP) is 1.37. The molecule has 0 bridgehead atoms. The van der Waals surface area contributed by atoms with E-state index in [-0.39, 0.29) is 6.54 Å². The third-order valence-corrected chi connectivity index (χ3v) is 1.45. The van der Waals surface area contributed by atoms with E-state index in [4.69, 9.17) is 5.11 Å². The molecule has 0 aliphatic heterocycles. The summed E-state index contributed by atoms with van der Waals surface area (Å²) in [4.78, 5) is 11.7. The lowest BCUT2D eigenvalue weighted by Gasteiger charge is -2.15. The van der Waals surface area contributed by atoms with E-state index in [2.05, 4.69) is 7.05 Å². The quantitative estimate of drug-likeness (QED) is 0.733. The molecule has 12 heavy (non-hydrogen) atoms. The normalized spacial score (nSPS) is 9.42. The van der Waals surface area contributed by atoms with Crippen LogP contribution in [0.15, 0.2) is 30.3 Å². The number of carbonyl (C=O) groups is 1. The van der Waals surface area contributed by atoms with E-state index in [9.17, 15) is 4.79 Å². The molecule has 0 saturated carbocycles. The molecule has 0 fully saturated rings. The van der Waals surface area contributed by atoms with Crippen LogP contribution >= 0.6 is 0 Å². The largest absolute Gasteiger partial charge is 0.480 e. The van der Waals surface area contributed by atoms with Crippen LogP contribution in [0.3, 0.4) is 0 Å². The minimum absolute atomic E-state index is 0.0794. The molecule has 1 aromatic carbocycles. The van der Waals surface area contributed by atoms with Gasteiger partial charge in [0.25, 0.3) is 0 Å². The second-order valence-electron chi connectivity index (χ2n) is 2.43. The van der Waals surface area contributed by atoms with Crippen LogP contribution in [-0.2, 0) is 4.79 Å². The van der Waals surface area contributed by atoms with E-state index in [0.29, 0.717) is 0 Å². The highest BCUT2D eigenvalue weighted by atomic mass is 16.4. The maximum absolute atomic E-state index is 10.3. The number of aliphatic carboxylic acids is 1. The Kier molecular flexibility index (Phi) is 2.69. The maximum Gasteiger partial charge on any atom is 0.323 e. The van der Waals surface area contributed by atoms with Gasteiger partial charge in [0.15, 0.2) is 0 Å². The third kappa shape index (κ3) is 2.27. The molecule has 3 heteroatoms. The lowest BCUT2D eigenvalue weighted by Crippen LogP contribution is -2.22. The van der Waals surface area contributed by atoms with Crippen molar-refractivity contribution in [3.05, 3.63) is 37.4 Å². The van der Waals surface area contributed by atoms with Crippen molar-refractivity contribution in [3.63, 3.8) is 0 Å². The Morgan fingerprint density at radius 1 is 1.42 bits per heavy atom. The summed E-state index contributed by atoms with van der Waals surface area (Å²) in [6.07, 6.45) is 0. The lowest BCUT2D eigenvalue weighted by molar-refractivity contribution is -0.135. The summed E-state index contributed by atoms with van der Waals surface area (Å²) in [6, 6.07) is 9.19. The Morgan fingerprint density at radius 2 is 2.00 bits per heavy atom. The number of anilines is 1. The van der Waals surface area contributed by atoms with E-state index in [1.54, 1.807) is 0 Å². The molecule has 0 heterocycles. The Balaban J connectivity index is 2.65. The molecule has 1 rings (SSSR count). The van der Waals surface area contributed by atoms with Crippen LogP contribution in [0.5, 0.6) is 0 Å². The molecule has 1 radical (unpaired) electrons. The van der Waals surface area contributed by atoms with Crippen molar-refractivity contribution in [2.45, 2.75) is 0 Å². The van der Waals surface area contributed by atoms with Gasteiger partial charge in [0.1, 0.15) is 6.54 Å². The summed E-state index contributed by atoms with van der Waals surface area (Å²) in [5, 5.41) is 8.46. The van der Waals surface area contributed by atoms with Crippen molar-refractivity contribution in [2.75, 3.05) is 11.4 Å². The molecule has 0 aliphatic rings. The third-order valence-electron chi connectivity index (χ3n) is 1.45.